The Labute approximate surface area is 122 Å². The minimum atomic E-state index is -2.09. The normalized spacial score (nSPS) is 40.9. The molecule has 3 N–H and O–H groups in total. The molecule has 0 radical (unpaired) electrons. The van der Waals surface area contributed by atoms with Gasteiger partial charge in [0.15, 0.2) is 16.6 Å². The number of nitrogens with zero attached hydrogens (tertiary/aromatic N) is 3. The quantitative estimate of drug-likeness (QED) is 0.710. The molecule has 4 atom stereocenters. The summed E-state index contributed by atoms with van der Waals surface area (Å²) in [6.45, 7) is 1.41. The summed E-state index contributed by atoms with van der Waals surface area (Å²) >= 11 is 0. The highest BCUT2D eigenvalue weighted by Gasteiger charge is 2.73. The molecule has 0 bridgehead atoms. The van der Waals surface area contributed by atoms with E-state index in [1.807, 2.05) is 0 Å². The molecule has 0 aromatic carbocycles. The SMILES string of the molecule is CC1OC2(O)CCCCC2C(C#N)(C(N)=O)C1(C#N)C#N. The van der Waals surface area contributed by atoms with E-state index in [0.717, 1.165) is 0 Å². The molecule has 1 amide bonds. The van der Waals surface area contributed by atoms with Gasteiger partial charge < -0.3 is 15.6 Å². The molecule has 1 aliphatic heterocycles. The van der Waals surface area contributed by atoms with Gasteiger partial charge in [0.2, 0.25) is 5.91 Å². The first-order chi connectivity index (χ1) is 9.84. The van der Waals surface area contributed by atoms with Gasteiger partial charge >= 0.3 is 0 Å². The number of carbonyl (C=O) groups is 1. The Morgan fingerprint density at radius 1 is 1.29 bits per heavy atom. The van der Waals surface area contributed by atoms with Gasteiger partial charge in [0.1, 0.15) is 0 Å². The first-order valence-corrected chi connectivity index (χ1v) is 6.78. The Kier molecular flexibility index (Phi) is 3.41. The molecule has 4 unspecified atom stereocenters. The van der Waals surface area contributed by atoms with E-state index < -0.39 is 34.5 Å². The number of amides is 1. The maximum Gasteiger partial charge on any atom is 0.241 e. The molecule has 1 saturated heterocycles. The van der Waals surface area contributed by atoms with Crippen LogP contribution in [0.1, 0.15) is 32.6 Å². The van der Waals surface area contributed by atoms with E-state index in [-0.39, 0.29) is 6.42 Å². The number of ether oxygens (including phenoxy) is 1. The molecule has 1 saturated carbocycles. The second kappa shape index (κ2) is 4.70. The summed E-state index contributed by atoms with van der Waals surface area (Å²) in [6.07, 6.45) is 0.760. The fourth-order valence-corrected chi connectivity index (χ4v) is 3.78. The zero-order chi connectivity index (χ0) is 15.9. The molecule has 0 spiro atoms. The third kappa shape index (κ3) is 1.61. The van der Waals surface area contributed by atoms with Crippen LogP contribution in [-0.4, -0.2) is 22.9 Å². The second-order valence-electron chi connectivity index (χ2n) is 5.72. The lowest BCUT2D eigenvalue weighted by molar-refractivity contribution is -0.332. The molecule has 0 aromatic rings. The lowest BCUT2D eigenvalue weighted by atomic mass is 9.50. The molecule has 1 heterocycles. The third-order valence-electron chi connectivity index (χ3n) is 4.88. The molecule has 2 fully saturated rings. The maximum absolute atomic E-state index is 12.1. The average Bonchev–Trinajstić information content (AvgIpc) is 2.45. The van der Waals surface area contributed by atoms with E-state index >= 15 is 0 Å². The van der Waals surface area contributed by atoms with Gasteiger partial charge in [-0.2, -0.15) is 15.8 Å². The van der Waals surface area contributed by atoms with Crippen LogP contribution in [0.25, 0.3) is 0 Å². The first-order valence-electron chi connectivity index (χ1n) is 6.78. The Hall–Kier alpha value is -2.14. The van der Waals surface area contributed by atoms with Gasteiger partial charge in [-0.3, -0.25) is 4.79 Å². The number of aliphatic hydroxyl groups is 1. The zero-order valence-electron chi connectivity index (χ0n) is 11.7. The van der Waals surface area contributed by atoms with Gasteiger partial charge in [-0.25, -0.2) is 0 Å². The number of rotatable bonds is 1. The van der Waals surface area contributed by atoms with Crippen molar-refractivity contribution in [3.05, 3.63) is 0 Å². The lowest BCUT2D eigenvalue weighted by Crippen LogP contribution is -2.70. The summed E-state index contributed by atoms with van der Waals surface area (Å²) in [5.74, 6) is -3.76. The lowest BCUT2D eigenvalue weighted by Gasteiger charge is -2.56. The van der Waals surface area contributed by atoms with Crippen LogP contribution in [0, 0.1) is 50.7 Å². The highest BCUT2D eigenvalue weighted by atomic mass is 16.6. The molecule has 110 valence electrons. The monoisotopic (exact) mass is 288 g/mol. The smallest absolute Gasteiger partial charge is 0.241 e. The molecule has 21 heavy (non-hydrogen) atoms. The van der Waals surface area contributed by atoms with Gasteiger partial charge in [-0.05, 0) is 19.8 Å². The van der Waals surface area contributed by atoms with Crippen molar-refractivity contribution in [1.29, 1.82) is 15.8 Å². The van der Waals surface area contributed by atoms with Gasteiger partial charge in [0.05, 0.1) is 24.3 Å². The molecule has 2 aliphatic rings. The molecule has 1 aliphatic carbocycles. The fourth-order valence-electron chi connectivity index (χ4n) is 3.78. The van der Waals surface area contributed by atoms with Gasteiger partial charge in [0, 0.05) is 12.3 Å². The summed E-state index contributed by atoms with van der Waals surface area (Å²) in [5, 5.41) is 39.4. The van der Waals surface area contributed by atoms with Crippen molar-refractivity contribution in [3.8, 4) is 18.2 Å². The van der Waals surface area contributed by atoms with Crippen LogP contribution >= 0.6 is 0 Å². The van der Waals surface area contributed by atoms with Crippen LogP contribution < -0.4 is 5.73 Å². The Morgan fingerprint density at radius 3 is 2.38 bits per heavy atom. The molecule has 7 heteroatoms. The van der Waals surface area contributed by atoms with Crippen molar-refractivity contribution in [2.45, 2.75) is 44.5 Å². The summed E-state index contributed by atoms with van der Waals surface area (Å²) in [7, 11) is 0. The number of hydrogen-bond acceptors (Lipinski definition) is 6. The summed E-state index contributed by atoms with van der Waals surface area (Å²) in [6, 6.07) is 5.34. The van der Waals surface area contributed by atoms with Crippen molar-refractivity contribution < 1.29 is 14.6 Å². The topological polar surface area (TPSA) is 144 Å². The summed E-state index contributed by atoms with van der Waals surface area (Å²) in [4.78, 5) is 12.1. The van der Waals surface area contributed by atoms with E-state index in [9.17, 15) is 25.7 Å². The van der Waals surface area contributed by atoms with Gasteiger partial charge in [-0.1, -0.05) is 6.42 Å². The van der Waals surface area contributed by atoms with Crippen LogP contribution in [0.3, 0.4) is 0 Å². The van der Waals surface area contributed by atoms with Gasteiger partial charge in [0.25, 0.3) is 0 Å². The third-order valence-corrected chi connectivity index (χ3v) is 4.88. The number of nitrogens with two attached hydrogens (primary N) is 1. The molecular formula is C14H16N4O3. The predicted molar refractivity (Wildman–Crippen MR) is 68.4 cm³/mol. The molecular weight excluding hydrogens is 272 g/mol. The fraction of sp³-hybridized carbons (Fsp3) is 0.714. The van der Waals surface area contributed by atoms with Crippen LogP contribution in [0.15, 0.2) is 0 Å². The molecule has 0 aromatic heterocycles. The highest BCUT2D eigenvalue weighted by Crippen LogP contribution is 2.59. The zero-order valence-corrected chi connectivity index (χ0v) is 11.7. The summed E-state index contributed by atoms with van der Waals surface area (Å²) in [5.41, 5.74) is 1.30. The van der Waals surface area contributed by atoms with Crippen molar-refractivity contribution in [2.24, 2.45) is 22.5 Å². The number of hydrogen-bond donors (Lipinski definition) is 2. The average molecular weight is 288 g/mol. The minimum absolute atomic E-state index is 0.242. The number of primary amides is 1. The highest BCUT2D eigenvalue weighted by molar-refractivity contribution is 5.87. The Morgan fingerprint density at radius 2 is 1.90 bits per heavy atom. The van der Waals surface area contributed by atoms with Crippen LogP contribution in [0.4, 0.5) is 0 Å². The molecule has 7 nitrogen and oxygen atoms in total. The Bertz CT molecular complexity index is 585. The predicted octanol–water partition coefficient (Wildman–Crippen LogP) is 0.313. The van der Waals surface area contributed by atoms with E-state index in [1.54, 1.807) is 18.2 Å². The summed E-state index contributed by atoms with van der Waals surface area (Å²) < 4.78 is 5.53. The second-order valence-corrected chi connectivity index (χ2v) is 5.72. The van der Waals surface area contributed by atoms with Crippen molar-refractivity contribution in [3.63, 3.8) is 0 Å². The van der Waals surface area contributed by atoms with E-state index in [2.05, 4.69) is 0 Å². The number of nitriles is 3. The largest absolute Gasteiger partial charge is 0.368 e. The Balaban J connectivity index is 2.77. The van der Waals surface area contributed by atoms with Crippen molar-refractivity contribution in [2.75, 3.05) is 0 Å². The first kappa shape index (κ1) is 15.3. The number of fused-ring (bicyclic) bond motifs is 1. The van der Waals surface area contributed by atoms with Crippen LogP contribution in [0.2, 0.25) is 0 Å². The van der Waals surface area contributed by atoms with Gasteiger partial charge in [-0.15, -0.1) is 0 Å². The van der Waals surface area contributed by atoms with Crippen molar-refractivity contribution in [1.82, 2.24) is 0 Å². The van der Waals surface area contributed by atoms with E-state index in [4.69, 9.17) is 10.5 Å². The molecule has 2 rings (SSSR count). The standard InChI is InChI=1S/C14H16N4O3/c1-9-12(6-15,7-16)13(8-17,11(18)19)10-4-2-3-5-14(10,20)21-9/h9-10,20H,2-5H2,1H3,(H2,18,19). The van der Waals surface area contributed by atoms with E-state index in [1.165, 1.54) is 6.92 Å². The van der Waals surface area contributed by atoms with Crippen LogP contribution in [-0.2, 0) is 9.53 Å². The number of carbonyl (C=O) groups excluding carboxylic acids is 1. The maximum atomic E-state index is 12.1. The van der Waals surface area contributed by atoms with E-state index in [0.29, 0.717) is 19.3 Å². The van der Waals surface area contributed by atoms with Crippen molar-refractivity contribution >= 4 is 5.91 Å². The minimum Gasteiger partial charge on any atom is -0.368 e. The van der Waals surface area contributed by atoms with Crippen LogP contribution in [0.5, 0.6) is 0 Å².